The van der Waals surface area contributed by atoms with E-state index in [2.05, 4.69) is 56.4 Å². The summed E-state index contributed by atoms with van der Waals surface area (Å²) in [7, 11) is 0. The van der Waals surface area contributed by atoms with Gasteiger partial charge < -0.3 is 5.32 Å². The van der Waals surface area contributed by atoms with E-state index < -0.39 is 0 Å². The van der Waals surface area contributed by atoms with Gasteiger partial charge in [-0.2, -0.15) is 5.10 Å². The minimum absolute atomic E-state index is 0.00385. The quantitative estimate of drug-likeness (QED) is 0.691. The van der Waals surface area contributed by atoms with Gasteiger partial charge in [-0.3, -0.25) is 4.79 Å². The minimum atomic E-state index is -0.173. The molecule has 3 aromatic rings. The molecule has 4 nitrogen and oxygen atoms in total. The fourth-order valence-corrected chi connectivity index (χ4v) is 3.62. The van der Waals surface area contributed by atoms with Crippen LogP contribution < -0.4 is 5.32 Å². The SMILES string of the molecule is CC(C)(C)n1nc(C2CCC2)cc1NC(=O)Cc1ccc2ccccc2c1. The van der Waals surface area contributed by atoms with Gasteiger partial charge in [0.15, 0.2) is 0 Å². The zero-order valence-electron chi connectivity index (χ0n) is 16.3. The molecule has 0 bridgehead atoms. The van der Waals surface area contributed by atoms with Crippen molar-refractivity contribution in [2.45, 2.75) is 57.9 Å². The first kappa shape index (κ1) is 17.8. The lowest BCUT2D eigenvalue weighted by Crippen LogP contribution is -2.27. The summed E-state index contributed by atoms with van der Waals surface area (Å²) in [6, 6.07) is 16.5. The Morgan fingerprint density at radius 3 is 2.52 bits per heavy atom. The maximum absolute atomic E-state index is 12.7. The fourth-order valence-electron chi connectivity index (χ4n) is 3.62. The predicted octanol–water partition coefficient (Wildman–Crippen LogP) is 5.24. The number of hydrogen-bond donors (Lipinski definition) is 1. The van der Waals surface area contributed by atoms with E-state index >= 15 is 0 Å². The second-order valence-corrected chi connectivity index (χ2v) is 8.57. The van der Waals surface area contributed by atoms with Gasteiger partial charge in [0.05, 0.1) is 17.7 Å². The number of amides is 1. The van der Waals surface area contributed by atoms with Gasteiger partial charge in [-0.15, -0.1) is 0 Å². The van der Waals surface area contributed by atoms with Crippen LogP contribution in [0, 0.1) is 0 Å². The highest BCUT2D eigenvalue weighted by atomic mass is 16.1. The number of carbonyl (C=O) groups is 1. The molecule has 1 fully saturated rings. The van der Waals surface area contributed by atoms with Crippen LogP contribution in [0.5, 0.6) is 0 Å². The van der Waals surface area contributed by atoms with Crippen LogP contribution in [-0.2, 0) is 16.8 Å². The van der Waals surface area contributed by atoms with Crippen LogP contribution in [0.1, 0.15) is 57.2 Å². The number of nitrogens with one attached hydrogen (secondary N) is 1. The number of aromatic nitrogens is 2. The van der Waals surface area contributed by atoms with Crippen molar-refractivity contribution in [2.75, 3.05) is 5.32 Å². The van der Waals surface area contributed by atoms with Crippen LogP contribution in [0.4, 0.5) is 5.82 Å². The number of rotatable bonds is 4. The summed E-state index contributed by atoms with van der Waals surface area (Å²) < 4.78 is 1.96. The Morgan fingerprint density at radius 2 is 1.85 bits per heavy atom. The van der Waals surface area contributed by atoms with E-state index in [9.17, 15) is 4.79 Å². The van der Waals surface area contributed by atoms with Crippen LogP contribution in [0.2, 0.25) is 0 Å². The average Bonchev–Trinajstić information content (AvgIpc) is 2.96. The van der Waals surface area contributed by atoms with Gasteiger partial charge in [0.25, 0.3) is 0 Å². The highest BCUT2D eigenvalue weighted by molar-refractivity contribution is 5.92. The lowest BCUT2D eigenvalue weighted by molar-refractivity contribution is -0.115. The summed E-state index contributed by atoms with van der Waals surface area (Å²) in [6.07, 6.45) is 4.03. The smallest absolute Gasteiger partial charge is 0.229 e. The van der Waals surface area contributed by atoms with Gasteiger partial charge in [0.1, 0.15) is 5.82 Å². The van der Waals surface area contributed by atoms with Crippen LogP contribution in [0.25, 0.3) is 10.8 Å². The molecule has 1 aliphatic carbocycles. The van der Waals surface area contributed by atoms with E-state index in [1.807, 2.05) is 22.9 Å². The summed E-state index contributed by atoms with van der Waals surface area (Å²) in [5.74, 6) is 1.34. The largest absolute Gasteiger partial charge is 0.311 e. The van der Waals surface area contributed by atoms with Crippen molar-refractivity contribution in [1.82, 2.24) is 9.78 Å². The predicted molar refractivity (Wildman–Crippen MR) is 110 cm³/mol. The highest BCUT2D eigenvalue weighted by Crippen LogP contribution is 2.37. The Morgan fingerprint density at radius 1 is 1.11 bits per heavy atom. The minimum Gasteiger partial charge on any atom is -0.311 e. The van der Waals surface area contributed by atoms with E-state index in [1.165, 1.54) is 24.6 Å². The molecule has 4 heteroatoms. The standard InChI is InChI=1S/C23H27N3O/c1-23(2,3)26-21(15-20(25-26)18-9-6-10-18)24-22(27)14-16-11-12-17-7-4-5-8-19(17)13-16/h4-5,7-8,11-13,15,18H,6,9-10,14H2,1-3H3,(H,24,27). The topological polar surface area (TPSA) is 46.9 Å². The number of carbonyl (C=O) groups excluding carboxylic acids is 1. The molecule has 0 saturated heterocycles. The zero-order valence-corrected chi connectivity index (χ0v) is 16.3. The molecule has 27 heavy (non-hydrogen) atoms. The third-order valence-corrected chi connectivity index (χ3v) is 5.33. The van der Waals surface area contributed by atoms with Gasteiger partial charge in [0.2, 0.25) is 5.91 Å². The van der Waals surface area contributed by atoms with Crippen molar-refractivity contribution in [3.8, 4) is 0 Å². The molecule has 140 valence electrons. The fraction of sp³-hybridized carbons (Fsp3) is 0.391. The van der Waals surface area contributed by atoms with E-state index in [0.717, 1.165) is 22.5 Å². The monoisotopic (exact) mass is 361 g/mol. The Hall–Kier alpha value is -2.62. The molecule has 0 spiro atoms. The molecular formula is C23H27N3O. The number of hydrogen-bond acceptors (Lipinski definition) is 2. The molecule has 0 unspecified atom stereocenters. The molecule has 2 aromatic carbocycles. The number of anilines is 1. The Kier molecular flexibility index (Phi) is 4.50. The first-order valence-electron chi connectivity index (χ1n) is 9.78. The van der Waals surface area contributed by atoms with Gasteiger partial charge >= 0.3 is 0 Å². The average molecular weight is 361 g/mol. The van der Waals surface area contributed by atoms with Crippen LogP contribution >= 0.6 is 0 Å². The molecule has 1 aliphatic rings. The van der Waals surface area contributed by atoms with E-state index in [4.69, 9.17) is 5.10 Å². The maximum atomic E-state index is 12.7. The lowest BCUT2D eigenvalue weighted by Gasteiger charge is -2.24. The van der Waals surface area contributed by atoms with Crippen molar-refractivity contribution in [2.24, 2.45) is 0 Å². The number of benzene rings is 2. The molecule has 1 N–H and O–H groups in total. The molecule has 0 aliphatic heterocycles. The Labute approximate surface area is 160 Å². The summed E-state index contributed by atoms with van der Waals surface area (Å²) in [6.45, 7) is 6.34. The molecule has 1 saturated carbocycles. The molecule has 4 rings (SSSR count). The Bertz CT molecular complexity index is 977. The van der Waals surface area contributed by atoms with Crippen molar-refractivity contribution >= 4 is 22.5 Å². The normalized spacial score (nSPS) is 14.9. The molecule has 1 aromatic heterocycles. The summed E-state index contributed by atoms with van der Waals surface area (Å²) in [5, 5.41) is 10.3. The molecule has 1 amide bonds. The third-order valence-electron chi connectivity index (χ3n) is 5.33. The molecular weight excluding hydrogens is 334 g/mol. The van der Waals surface area contributed by atoms with Crippen molar-refractivity contribution in [3.63, 3.8) is 0 Å². The van der Waals surface area contributed by atoms with Crippen molar-refractivity contribution < 1.29 is 4.79 Å². The first-order valence-corrected chi connectivity index (χ1v) is 9.78. The van der Waals surface area contributed by atoms with E-state index in [-0.39, 0.29) is 11.4 Å². The molecule has 0 atom stereocenters. The number of fused-ring (bicyclic) bond motifs is 1. The van der Waals surface area contributed by atoms with Crippen molar-refractivity contribution in [3.05, 3.63) is 59.8 Å². The molecule has 0 radical (unpaired) electrons. The van der Waals surface area contributed by atoms with Crippen molar-refractivity contribution in [1.29, 1.82) is 0 Å². The van der Waals surface area contributed by atoms with Gasteiger partial charge in [0, 0.05) is 12.0 Å². The number of nitrogens with zero attached hydrogens (tertiary/aromatic N) is 2. The summed E-state index contributed by atoms with van der Waals surface area (Å²) in [5.41, 5.74) is 1.96. The summed E-state index contributed by atoms with van der Waals surface area (Å²) >= 11 is 0. The van der Waals surface area contributed by atoms with Gasteiger partial charge in [-0.25, -0.2) is 4.68 Å². The van der Waals surface area contributed by atoms with Crippen LogP contribution in [0.15, 0.2) is 48.5 Å². The van der Waals surface area contributed by atoms with E-state index in [1.54, 1.807) is 0 Å². The van der Waals surface area contributed by atoms with Crippen LogP contribution in [-0.4, -0.2) is 15.7 Å². The third kappa shape index (κ3) is 3.75. The van der Waals surface area contributed by atoms with E-state index in [0.29, 0.717) is 12.3 Å². The zero-order chi connectivity index (χ0) is 19.0. The van der Waals surface area contributed by atoms with Gasteiger partial charge in [-0.05, 0) is 49.9 Å². The second kappa shape index (κ2) is 6.84. The highest BCUT2D eigenvalue weighted by Gasteiger charge is 2.27. The second-order valence-electron chi connectivity index (χ2n) is 8.57. The maximum Gasteiger partial charge on any atom is 0.229 e. The lowest BCUT2D eigenvalue weighted by atomic mass is 9.83. The summed E-state index contributed by atoms with van der Waals surface area (Å²) in [4.78, 5) is 12.7. The van der Waals surface area contributed by atoms with Crippen LogP contribution in [0.3, 0.4) is 0 Å². The Balaban J connectivity index is 1.53. The first-order chi connectivity index (χ1) is 12.9. The van der Waals surface area contributed by atoms with Gasteiger partial charge in [-0.1, -0.05) is 48.9 Å². The molecule has 1 heterocycles.